The van der Waals surface area contributed by atoms with Gasteiger partial charge in [0.15, 0.2) is 0 Å². The van der Waals surface area contributed by atoms with Crippen molar-refractivity contribution in [2.45, 2.75) is 20.0 Å². The lowest BCUT2D eigenvalue weighted by Gasteiger charge is -2.13. The van der Waals surface area contributed by atoms with Crippen molar-refractivity contribution >= 4 is 45.5 Å². The topological polar surface area (TPSA) is 58.0 Å². The molecule has 0 unspecified atom stereocenters. The van der Waals surface area contributed by atoms with Gasteiger partial charge in [-0.05, 0) is 68.4 Å². The maximum Gasteiger partial charge on any atom is 0.123 e. The smallest absolute Gasteiger partial charge is 0.123 e. The summed E-state index contributed by atoms with van der Waals surface area (Å²) in [6, 6.07) is 17.1. The minimum atomic E-state index is -0.307. The highest BCUT2D eigenvalue weighted by atomic mass is 35.5. The number of hydrogen-bond donors (Lipinski definition) is 2. The van der Waals surface area contributed by atoms with Crippen LogP contribution in [0.4, 0.5) is 15.8 Å². The fraction of sp³-hybridized carbons (Fsp3) is 0.130. The molecule has 0 bridgehead atoms. The molecule has 0 aliphatic carbocycles. The Bertz CT molecular complexity index is 1130. The first kappa shape index (κ1) is 22.0. The summed E-state index contributed by atoms with van der Waals surface area (Å²) < 4.78 is 13.2. The Morgan fingerprint density at radius 2 is 1.63 bits per heavy atom. The second-order valence-electron chi connectivity index (χ2n) is 6.75. The van der Waals surface area contributed by atoms with E-state index in [1.807, 2.05) is 30.3 Å². The lowest BCUT2D eigenvalue weighted by molar-refractivity contribution is 0.216. The molecule has 2 aromatic heterocycles. The van der Waals surface area contributed by atoms with E-state index in [9.17, 15) is 4.39 Å². The van der Waals surface area contributed by atoms with Crippen molar-refractivity contribution in [3.8, 4) is 11.4 Å². The molecule has 0 saturated heterocycles. The van der Waals surface area contributed by atoms with Gasteiger partial charge in [0.1, 0.15) is 5.82 Å². The molecule has 7 heteroatoms. The molecule has 154 valence electrons. The normalized spacial score (nSPS) is 10.6. The molecule has 2 heterocycles. The van der Waals surface area contributed by atoms with Crippen LogP contribution in [0.15, 0.2) is 66.9 Å². The summed E-state index contributed by atoms with van der Waals surface area (Å²) in [5, 5.41) is 13.0. The average molecular weight is 444 g/mol. The lowest BCUT2D eigenvalue weighted by Crippen LogP contribution is -1.96. The van der Waals surface area contributed by atoms with Crippen LogP contribution in [0.25, 0.3) is 22.3 Å². The number of aromatic nitrogens is 2. The van der Waals surface area contributed by atoms with Gasteiger partial charge in [0.2, 0.25) is 0 Å². The number of halogens is 3. The van der Waals surface area contributed by atoms with Gasteiger partial charge in [-0.25, -0.2) is 9.37 Å². The van der Waals surface area contributed by atoms with Crippen LogP contribution in [-0.2, 0) is 0 Å². The second kappa shape index (κ2) is 9.85. The fourth-order valence-electron chi connectivity index (χ4n) is 2.67. The molecule has 2 N–H and O–H groups in total. The lowest BCUT2D eigenvalue weighted by atomic mass is 10.1. The van der Waals surface area contributed by atoms with Gasteiger partial charge in [-0.2, -0.15) is 0 Å². The number of benzene rings is 2. The summed E-state index contributed by atoms with van der Waals surface area (Å²) in [6.45, 7) is 3.44. The Balaban J connectivity index is 0.000000589. The van der Waals surface area contributed by atoms with Gasteiger partial charge in [-0.3, -0.25) is 4.98 Å². The molecule has 0 radical (unpaired) electrons. The van der Waals surface area contributed by atoms with Crippen molar-refractivity contribution in [2.75, 3.05) is 5.32 Å². The second-order valence-corrected chi connectivity index (χ2v) is 7.56. The monoisotopic (exact) mass is 443 g/mol. The molecule has 4 aromatic rings. The number of aliphatic hydroxyl groups excluding tert-OH is 1. The molecule has 0 saturated carbocycles. The van der Waals surface area contributed by atoms with Crippen molar-refractivity contribution in [3.63, 3.8) is 0 Å². The first-order valence-electron chi connectivity index (χ1n) is 9.26. The highest BCUT2D eigenvalue weighted by Gasteiger charge is 2.14. The van der Waals surface area contributed by atoms with E-state index in [0.29, 0.717) is 32.6 Å². The van der Waals surface area contributed by atoms with E-state index in [4.69, 9.17) is 33.3 Å². The Morgan fingerprint density at radius 1 is 0.933 bits per heavy atom. The maximum atomic E-state index is 13.2. The highest BCUT2D eigenvalue weighted by molar-refractivity contribution is 6.40. The van der Waals surface area contributed by atoms with Gasteiger partial charge >= 0.3 is 0 Å². The number of anilines is 2. The van der Waals surface area contributed by atoms with Crippen molar-refractivity contribution in [1.82, 2.24) is 9.97 Å². The summed E-state index contributed by atoms with van der Waals surface area (Å²) in [7, 11) is 0. The first-order chi connectivity index (χ1) is 14.3. The summed E-state index contributed by atoms with van der Waals surface area (Å²) in [5.41, 5.74) is 3.38. The molecule has 4 rings (SSSR count). The third-order valence-electron chi connectivity index (χ3n) is 3.92. The number of aliphatic hydroxyl groups is 1. The summed E-state index contributed by atoms with van der Waals surface area (Å²) in [6.07, 6.45) is 1.55. The SMILES string of the molecule is CC(C)O.Fc1ccc(Nc2c(Cl)cc(Cl)c3ccc(-c4ccccn4)nc23)cc1. The molecule has 0 amide bonds. The number of nitrogens with zero attached hydrogens (tertiary/aromatic N) is 2. The van der Waals surface area contributed by atoms with Crippen LogP contribution >= 0.6 is 23.2 Å². The molecule has 2 aromatic carbocycles. The molecule has 0 fully saturated rings. The Kier molecular flexibility index (Phi) is 7.21. The van der Waals surface area contributed by atoms with Gasteiger partial charge in [0.25, 0.3) is 0 Å². The van der Waals surface area contributed by atoms with Crippen LogP contribution in [0.5, 0.6) is 0 Å². The summed E-state index contributed by atoms with van der Waals surface area (Å²) in [4.78, 5) is 9.05. The Labute approximate surface area is 184 Å². The van der Waals surface area contributed by atoms with E-state index in [1.165, 1.54) is 12.1 Å². The van der Waals surface area contributed by atoms with Crippen LogP contribution in [0.2, 0.25) is 10.0 Å². The van der Waals surface area contributed by atoms with Crippen molar-refractivity contribution in [2.24, 2.45) is 0 Å². The number of pyridine rings is 2. The quantitative estimate of drug-likeness (QED) is 0.362. The molecule has 4 nitrogen and oxygen atoms in total. The molecule has 0 atom stereocenters. The minimum absolute atomic E-state index is 0.167. The molecule has 0 aliphatic heterocycles. The van der Waals surface area contributed by atoms with Gasteiger partial charge in [-0.1, -0.05) is 29.3 Å². The van der Waals surface area contributed by atoms with Crippen LogP contribution in [0.1, 0.15) is 13.8 Å². The molecular weight excluding hydrogens is 424 g/mol. The van der Waals surface area contributed by atoms with E-state index < -0.39 is 0 Å². The third kappa shape index (κ3) is 5.45. The Morgan fingerprint density at radius 3 is 2.27 bits per heavy atom. The predicted octanol–water partition coefficient (Wildman–Crippen LogP) is 6.87. The van der Waals surface area contributed by atoms with Crippen LogP contribution in [0.3, 0.4) is 0 Å². The van der Waals surface area contributed by atoms with Gasteiger partial charge < -0.3 is 10.4 Å². The van der Waals surface area contributed by atoms with E-state index in [2.05, 4.69) is 10.3 Å². The average Bonchev–Trinajstić information content (AvgIpc) is 2.72. The van der Waals surface area contributed by atoms with Gasteiger partial charge in [0, 0.05) is 23.4 Å². The number of fused-ring (bicyclic) bond motifs is 1. The number of hydrogen-bond acceptors (Lipinski definition) is 4. The maximum absolute atomic E-state index is 13.2. The van der Waals surface area contributed by atoms with Gasteiger partial charge in [-0.15, -0.1) is 0 Å². The fourth-order valence-corrected chi connectivity index (χ4v) is 3.23. The molecular formula is C23H20Cl2FN3O. The standard InChI is InChI=1S/C20H12Cl2FN3.C3H8O/c21-15-11-16(22)20(25-13-6-4-12(23)5-7-13)19-14(15)8-9-18(26-19)17-3-1-2-10-24-17;1-3(2)4/h1-11,25H;3-4H,1-2H3. The molecule has 30 heavy (non-hydrogen) atoms. The van der Waals surface area contributed by atoms with Crippen molar-refractivity contribution in [3.05, 3.63) is 82.7 Å². The minimum Gasteiger partial charge on any atom is -0.394 e. The number of rotatable bonds is 3. The van der Waals surface area contributed by atoms with Crippen LogP contribution < -0.4 is 5.32 Å². The van der Waals surface area contributed by atoms with Gasteiger partial charge in [0.05, 0.1) is 32.6 Å². The molecule has 0 spiro atoms. The van der Waals surface area contributed by atoms with Crippen LogP contribution in [0, 0.1) is 5.82 Å². The van der Waals surface area contributed by atoms with E-state index in [1.54, 1.807) is 38.2 Å². The molecule has 0 aliphatic rings. The zero-order valence-corrected chi connectivity index (χ0v) is 17.9. The highest BCUT2D eigenvalue weighted by Crippen LogP contribution is 2.38. The Hall–Kier alpha value is -2.73. The first-order valence-corrected chi connectivity index (χ1v) is 10.0. The van der Waals surface area contributed by atoms with Crippen LogP contribution in [-0.4, -0.2) is 21.2 Å². The van der Waals surface area contributed by atoms with E-state index in [-0.39, 0.29) is 11.9 Å². The summed E-state index contributed by atoms with van der Waals surface area (Å²) in [5.74, 6) is -0.307. The van der Waals surface area contributed by atoms with E-state index >= 15 is 0 Å². The van der Waals surface area contributed by atoms with Crippen molar-refractivity contribution < 1.29 is 9.50 Å². The zero-order chi connectivity index (χ0) is 21.7. The van der Waals surface area contributed by atoms with Crippen molar-refractivity contribution in [1.29, 1.82) is 0 Å². The summed E-state index contributed by atoms with van der Waals surface area (Å²) >= 11 is 12.8. The number of nitrogens with one attached hydrogen (secondary N) is 1. The third-order valence-corrected chi connectivity index (χ3v) is 4.53. The van der Waals surface area contributed by atoms with E-state index in [0.717, 1.165) is 11.1 Å². The predicted molar refractivity (Wildman–Crippen MR) is 122 cm³/mol. The largest absolute Gasteiger partial charge is 0.394 e. The zero-order valence-electron chi connectivity index (χ0n) is 16.4.